The smallest absolute Gasteiger partial charge is 0.341 e. The van der Waals surface area contributed by atoms with Crippen molar-refractivity contribution in [2.45, 2.75) is 13.5 Å². The number of carbonyl (C=O) groups is 1. The Bertz CT molecular complexity index is 536. The van der Waals surface area contributed by atoms with Gasteiger partial charge in [0.15, 0.2) is 5.75 Å². The molecular formula is C11H11N3O3. The molecule has 0 spiro atoms. The third-order valence-corrected chi connectivity index (χ3v) is 2.17. The number of carboxylic acids is 1. The normalized spacial score (nSPS) is 10.2. The topological polar surface area (TPSA) is 77.2 Å². The third kappa shape index (κ3) is 2.41. The molecule has 0 saturated carbocycles. The summed E-state index contributed by atoms with van der Waals surface area (Å²) in [5, 5.41) is 13.0. The number of aromatic carboxylic acids is 1. The standard InChI is InChI=1S/C11H11N3O3/c1-2-14-7-8(5-13-14)17-10-3-4-12-6-9(10)11(15)16/h3-7H,2H2,1H3,(H,15,16). The van der Waals surface area contributed by atoms with Crippen LogP contribution in [0.15, 0.2) is 30.9 Å². The molecule has 88 valence electrons. The van der Waals surface area contributed by atoms with Crippen molar-refractivity contribution in [2.75, 3.05) is 0 Å². The summed E-state index contributed by atoms with van der Waals surface area (Å²) in [4.78, 5) is 14.7. The van der Waals surface area contributed by atoms with E-state index in [9.17, 15) is 4.79 Å². The van der Waals surface area contributed by atoms with Crippen LogP contribution < -0.4 is 4.74 Å². The van der Waals surface area contributed by atoms with Gasteiger partial charge >= 0.3 is 5.97 Å². The van der Waals surface area contributed by atoms with Crippen LogP contribution in [0.3, 0.4) is 0 Å². The van der Waals surface area contributed by atoms with E-state index in [1.54, 1.807) is 10.9 Å². The Morgan fingerprint density at radius 3 is 3.00 bits per heavy atom. The molecule has 17 heavy (non-hydrogen) atoms. The van der Waals surface area contributed by atoms with Crippen molar-refractivity contribution in [2.24, 2.45) is 0 Å². The molecule has 0 aliphatic heterocycles. The molecule has 0 amide bonds. The van der Waals surface area contributed by atoms with Crippen molar-refractivity contribution >= 4 is 5.97 Å². The molecule has 0 aromatic carbocycles. The number of aryl methyl sites for hydroxylation is 1. The van der Waals surface area contributed by atoms with Gasteiger partial charge in [0.2, 0.25) is 0 Å². The molecule has 0 aliphatic carbocycles. The summed E-state index contributed by atoms with van der Waals surface area (Å²) >= 11 is 0. The van der Waals surface area contributed by atoms with E-state index in [0.717, 1.165) is 6.54 Å². The number of pyridine rings is 1. The average Bonchev–Trinajstić information content (AvgIpc) is 2.77. The molecule has 6 nitrogen and oxygen atoms in total. The largest absolute Gasteiger partial charge is 0.477 e. The van der Waals surface area contributed by atoms with Crippen molar-refractivity contribution in [3.05, 3.63) is 36.4 Å². The van der Waals surface area contributed by atoms with E-state index in [1.807, 2.05) is 6.92 Å². The minimum Gasteiger partial charge on any atom is -0.477 e. The van der Waals surface area contributed by atoms with Crippen LogP contribution in [0.1, 0.15) is 17.3 Å². The van der Waals surface area contributed by atoms with Gasteiger partial charge in [0, 0.05) is 25.0 Å². The van der Waals surface area contributed by atoms with Crippen molar-refractivity contribution in [3.8, 4) is 11.5 Å². The summed E-state index contributed by atoms with van der Waals surface area (Å²) in [5.74, 6) is -0.320. The van der Waals surface area contributed by atoms with Crippen LogP contribution in [0.4, 0.5) is 0 Å². The second kappa shape index (κ2) is 4.65. The molecule has 0 fully saturated rings. The maximum atomic E-state index is 10.9. The third-order valence-electron chi connectivity index (χ3n) is 2.17. The molecule has 0 radical (unpaired) electrons. The quantitative estimate of drug-likeness (QED) is 0.871. The second-order valence-corrected chi connectivity index (χ2v) is 3.31. The van der Waals surface area contributed by atoms with E-state index in [2.05, 4.69) is 10.1 Å². The minimum absolute atomic E-state index is 0.0248. The first-order valence-corrected chi connectivity index (χ1v) is 5.08. The van der Waals surface area contributed by atoms with E-state index in [1.165, 1.54) is 24.7 Å². The number of hydrogen-bond acceptors (Lipinski definition) is 4. The van der Waals surface area contributed by atoms with Crippen LogP contribution in [0.2, 0.25) is 0 Å². The van der Waals surface area contributed by atoms with Crippen molar-refractivity contribution in [3.63, 3.8) is 0 Å². The molecule has 0 atom stereocenters. The summed E-state index contributed by atoms with van der Waals surface area (Å²) in [6.45, 7) is 2.68. The van der Waals surface area contributed by atoms with Gasteiger partial charge in [-0.15, -0.1) is 0 Å². The molecule has 0 saturated heterocycles. The first-order chi connectivity index (χ1) is 8.20. The van der Waals surface area contributed by atoms with Gasteiger partial charge in [-0.3, -0.25) is 9.67 Å². The average molecular weight is 233 g/mol. The monoisotopic (exact) mass is 233 g/mol. The second-order valence-electron chi connectivity index (χ2n) is 3.31. The molecule has 2 heterocycles. The Labute approximate surface area is 97.5 Å². The molecule has 2 rings (SSSR count). The van der Waals surface area contributed by atoms with Gasteiger partial charge in [0.05, 0.1) is 12.4 Å². The van der Waals surface area contributed by atoms with Gasteiger partial charge in [-0.25, -0.2) is 4.79 Å². The molecule has 1 N–H and O–H groups in total. The summed E-state index contributed by atoms with van der Waals surface area (Å²) in [5.41, 5.74) is 0.0248. The van der Waals surface area contributed by atoms with Crippen LogP contribution in [-0.2, 0) is 6.54 Å². The Hall–Kier alpha value is -2.37. The fourth-order valence-electron chi connectivity index (χ4n) is 1.33. The van der Waals surface area contributed by atoms with Crippen LogP contribution in [0.25, 0.3) is 0 Å². The maximum Gasteiger partial charge on any atom is 0.341 e. The fraction of sp³-hybridized carbons (Fsp3) is 0.182. The first-order valence-electron chi connectivity index (χ1n) is 5.08. The van der Waals surface area contributed by atoms with Gasteiger partial charge in [-0.2, -0.15) is 5.10 Å². The fourth-order valence-corrected chi connectivity index (χ4v) is 1.33. The van der Waals surface area contributed by atoms with E-state index in [0.29, 0.717) is 5.75 Å². The number of hydrogen-bond donors (Lipinski definition) is 1. The van der Waals surface area contributed by atoms with Crippen LogP contribution >= 0.6 is 0 Å². The zero-order chi connectivity index (χ0) is 12.3. The minimum atomic E-state index is -1.07. The molecule has 6 heteroatoms. The maximum absolute atomic E-state index is 10.9. The highest BCUT2D eigenvalue weighted by Crippen LogP contribution is 2.23. The van der Waals surface area contributed by atoms with E-state index in [-0.39, 0.29) is 11.3 Å². The lowest BCUT2D eigenvalue weighted by Gasteiger charge is -2.05. The zero-order valence-corrected chi connectivity index (χ0v) is 9.20. The summed E-state index contributed by atoms with van der Waals surface area (Å²) < 4.78 is 7.14. The van der Waals surface area contributed by atoms with Crippen LogP contribution in [0, 0.1) is 0 Å². The first kappa shape index (κ1) is 11.1. The Morgan fingerprint density at radius 1 is 1.53 bits per heavy atom. The van der Waals surface area contributed by atoms with Crippen molar-refractivity contribution in [1.29, 1.82) is 0 Å². The number of rotatable bonds is 4. The lowest BCUT2D eigenvalue weighted by Crippen LogP contribution is -2.00. The van der Waals surface area contributed by atoms with Crippen molar-refractivity contribution < 1.29 is 14.6 Å². The number of ether oxygens (including phenoxy) is 1. The molecule has 0 bridgehead atoms. The molecule has 2 aromatic heterocycles. The van der Waals surface area contributed by atoms with Gasteiger partial charge in [-0.05, 0) is 6.92 Å². The van der Waals surface area contributed by atoms with Gasteiger partial charge in [-0.1, -0.05) is 0 Å². The van der Waals surface area contributed by atoms with E-state index >= 15 is 0 Å². The predicted octanol–water partition coefficient (Wildman–Crippen LogP) is 1.79. The molecule has 2 aromatic rings. The molecule has 0 unspecified atom stereocenters. The van der Waals surface area contributed by atoms with E-state index < -0.39 is 5.97 Å². The highest BCUT2D eigenvalue weighted by Gasteiger charge is 2.12. The Kier molecular flexibility index (Phi) is 3.04. The summed E-state index contributed by atoms with van der Waals surface area (Å²) in [6.07, 6.45) is 5.97. The summed E-state index contributed by atoms with van der Waals surface area (Å²) in [7, 11) is 0. The lowest BCUT2D eigenvalue weighted by molar-refractivity contribution is 0.0693. The molecule has 0 aliphatic rings. The van der Waals surface area contributed by atoms with E-state index in [4.69, 9.17) is 9.84 Å². The zero-order valence-electron chi connectivity index (χ0n) is 9.20. The van der Waals surface area contributed by atoms with Gasteiger partial charge in [0.1, 0.15) is 11.3 Å². The van der Waals surface area contributed by atoms with Gasteiger partial charge in [0.25, 0.3) is 0 Å². The number of aromatic nitrogens is 3. The van der Waals surface area contributed by atoms with Crippen LogP contribution in [-0.4, -0.2) is 25.8 Å². The highest BCUT2D eigenvalue weighted by molar-refractivity contribution is 5.90. The number of carboxylic acid groups (broad SMARTS) is 1. The van der Waals surface area contributed by atoms with Crippen molar-refractivity contribution in [1.82, 2.24) is 14.8 Å². The highest BCUT2D eigenvalue weighted by atomic mass is 16.5. The molecular weight excluding hydrogens is 222 g/mol. The Balaban J connectivity index is 2.26. The van der Waals surface area contributed by atoms with Gasteiger partial charge < -0.3 is 9.84 Å². The summed E-state index contributed by atoms with van der Waals surface area (Å²) in [6, 6.07) is 1.51. The Morgan fingerprint density at radius 2 is 2.35 bits per heavy atom. The lowest BCUT2D eigenvalue weighted by atomic mass is 10.2. The SMILES string of the molecule is CCn1cc(Oc2ccncc2C(=O)O)cn1. The van der Waals surface area contributed by atoms with Crippen LogP contribution in [0.5, 0.6) is 11.5 Å². The predicted molar refractivity (Wildman–Crippen MR) is 59.2 cm³/mol. The number of nitrogens with zero attached hydrogens (tertiary/aromatic N) is 3.